The van der Waals surface area contributed by atoms with Crippen LogP contribution in [0.4, 0.5) is 4.79 Å². The lowest BCUT2D eigenvalue weighted by Gasteiger charge is -2.21. The van der Waals surface area contributed by atoms with Crippen molar-refractivity contribution in [1.82, 2.24) is 9.80 Å². The van der Waals surface area contributed by atoms with Gasteiger partial charge in [-0.25, -0.2) is 4.79 Å². The summed E-state index contributed by atoms with van der Waals surface area (Å²) in [6.07, 6.45) is -0.487. The van der Waals surface area contributed by atoms with Gasteiger partial charge in [-0.3, -0.25) is 19.4 Å². The van der Waals surface area contributed by atoms with Gasteiger partial charge in [0.1, 0.15) is 6.10 Å². The molecule has 128 valence electrons. The highest BCUT2D eigenvalue weighted by Gasteiger charge is 2.45. The monoisotopic (exact) mass is 338 g/mol. The number of amides is 4. The van der Waals surface area contributed by atoms with E-state index in [-0.39, 0.29) is 13.1 Å². The first kappa shape index (κ1) is 16.9. The predicted molar refractivity (Wildman–Crippen MR) is 90.3 cm³/mol. The summed E-state index contributed by atoms with van der Waals surface area (Å²) < 4.78 is 5.41. The molecule has 0 spiro atoms. The van der Waals surface area contributed by atoms with Gasteiger partial charge in [0.05, 0.1) is 13.1 Å². The molecule has 0 unspecified atom stereocenters. The summed E-state index contributed by atoms with van der Waals surface area (Å²) in [4.78, 5) is 39.0. The standard InChI is InChI=1S/C19H18N2O4/c1-25-16(15-10-6-3-7-11-15)13-21-18(23)17(22)20(19(21)24)12-14-8-4-2-5-9-14/h2-11,16H,12-13H2,1H3/t16-/m0/s1. The van der Waals surface area contributed by atoms with Crippen molar-refractivity contribution in [2.75, 3.05) is 13.7 Å². The molecule has 2 aromatic carbocycles. The molecule has 1 aliphatic heterocycles. The van der Waals surface area contributed by atoms with Crippen LogP contribution < -0.4 is 0 Å². The van der Waals surface area contributed by atoms with Gasteiger partial charge in [-0.1, -0.05) is 60.7 Å². The molecule has 1 atom stereocenters. The van der Waals surface area contributed by atoms with Crippen molar-refractivity contribution in [3.8, 4) is 0 Å². The van der Waals surface area contributed by atoms with Gasteiger partial charge in [-0.15, -0.1) is 0 Å². The fraction of sp³-hybridized carbons (Fsp3) is 0.211. The highest BCUT2D eigenvalue weighted by atomic mass is 16.5. The summed E-state index contributed by atoms with van der Waals surface area (Å²) in [5.74, 6) is -1.63. The average Bonchev–Trinajstić information content (AvgIpc) is 2.85. The zero-order valence-electron chi connectivity index (χ0n) is 13.8. The smallest absolute Gasteiger partial charge is 0.334 e. The molecule has 0 aliphatic carbocycles. The maximum atomic E-state index is 12.6. The molecule has 2 aromatic rings. The van der Waals surface area contributed by atoms with E-state index in [4.69, 9.17) is 4.74 Å². The quantitative estimate of drug-likeness (QED) is 0.599. The van der Waals surface area contributed by atoms with Crippen LogP contribution in [-0.2, 0) is 20.9 Å². The van der Waals surface area contributed by atoms with Crippen molar-refractivity contribution in [3.05, 3.63) is 71.8 Å². The van der Waals surface area contributed by atoms with E-state index in [0.29, 0.717) is 0 Å². The Hall–Kier alpha value is -2.99. The van der Waals surface area contributed by atoms with E-state index >= 15 is 0 Å². The summed E-state index contributed by atoms with van der Waals surface area (Å²) in [5, 5.41) is 0. The first-order valence-corrected chi connectivity index (χ1v) is 7.91. The van der Waals surface area contributed by atoms with Crippen LogP contribution in [-0.4, -0.2) is 41.3 Å². The third-order valence-electron chi connectivity index (χ3n) is 4.12. The minimum atomic E-state index is -0.820. The van der Waals surface area contributed by atoms with Crippen molar-refractivity contribution in [2.45, 2.75) is 12.6 Å². The SMILES string of the molecule is CO[C@@H](CN1C(=O)C(=O)N(Cc2ccccc2)C1=O)c1ccccc1. The van der Waals surface area contributed by atoms with E-state index < -0.39 is 23.9 Å². The first-order valence-electron chi connectivity index (χ1n) is 7.91. The minimum absolute atomic E-state index is 0.00475. The molecule has 6 nitrogen and oxygen atoms in total. The minimum Gasteiger partial charge on any atom is -0.375 e. The number of rotatable bonds is 6. The summed E-state index contributed by atoms with van der Waals surface area (Å²) >= 11 is 0. The number of hydrogen-bond donors (Lipinski definition) is 0. The van der Waals surface area contributed by atoms with Gasteiger partial charge < -0.3 is 4.74 Å². The van der Waals surface area contributed by atoms with Crippen LogP contribution in [0.1, 0.15) is 17.2 Å². The van der Waals surface area contributed by atoms with Crippen LogP contribution in [0.2, 0.25) is 0 Å². The van der Waals surface area contributed by atoms with Gasteiger partial charge in [0.25, 0.3) is 0 Å². The molecule has 1 aliphatic rings. The van der Waals surface area contributed by atoms with Crippen LogP contribution >= 0.6 is 0 Å². The predicted octanol–water partition coefficient (Wildman–Crippen LogP) is 2.37. The van der Waals surface area contributed by atoms with Crippen LogP contribution in [0.3, 0.4) is 0 Å². The molecule has 0 aromatic heterocycles. The normalized spacial score (nSPS) is 15.8. The molecule has 0 N–H and O–H groups in total. The summed E-state index contributed by atoms with van der Waals surface area (Å²) in [7, 11) is 1.51. The lowest BCUT2D eigenvalue weighted by molar-refractivity contribution is -0.144. The number of hydrogen-bond acceptors (Lipinski definition) is 4. The molecule has 4 amide bonds. The molecule has 0 bridgehead atoms. The Morgan fingerprint density at radius 1 is 0.840 bits per heavy atom. The third kappa shape index (κ3) is 3.44. The molecule has 0 saturated carbocycles. The summed E-state index contributed by atoms with van der Waals surface area (Å²) in [6.45, 7) is 0.0684. The molecule has 3 rings (SSSR count). The summed E-state index contributed by atoms with van der Waals surface area (Å²) in [6, 6.07) is 17.7. The van der Waals surface area contributed by atoms with Crippen molar-refractivity contribution in [3.63, 3.8) is 0 Å². The molecule has 1 fully saturated rings. The Morgan fingerprint density at radius 3 is 2.00 bits per heavy atom. The van der Waals surface area contributed by atoms with Crippen molar-refractivity contribution in [2.24, 2.45) is 0 Å². The highest BCUT2D eigenvalue weighted by Crippen LogP contribution is 2.22. The molecule has 0 radical (unpaired) electrons. The highest BCUT2D eigenvalue weighted by molar-refractivity contribution is 6.44. The topological polar surface area (TPSA) is 66.9 Å². The van der Waals surface area contributed by atoms with Gasteiger partial charge in [0.15, 0.2) is 0 Å². The van der Waals surface area contributed by atoms with Gasteiger partial charge in [0, 0.05) is 7.11 Å². The zero-order chi connectivity index (χ0) is 17.8. The summed E-state index contributed by atoms with van der Waals surface area (Å²) in [5.41, 5.74) is 1.62. The van der Waals surface area contributed by atoms with Crippen LogP contribution in [0.15, 0.2) is 60.7 Å². The molecular weight excluding hydrogens is 320 g/mol. The molecular formula is C19H18N2O4. The Bertz CT molecular complexity index is 777. The second kappa shape index (κ2) is 7.27. The number of methoxy groups -OCH3 is 1. The molecule has 1 saturated heterocycles. The Kier molecular flexibility index (Phi) is 4.90. The fourth-order valence-corrected chi connectivity index (χ4v) is 2.77. The number of ether oxygens (including phenoxy) is 1. The largest absolute Gasteiger partial charge is 0.375 e. The molecule has 25 heavy (non-hydrogen) atoms. The van der Waals surface area contributed by atoms with Crippen LogP contribution in [0.25, 0.3) is 0 Å². The van der Waals surface area contributed by atoms with Crippen molar-refractivity contribution in [1.29, 1.82) is 0 Å². The number of carbonyl (C=O) groups excluding carboxylic acids is 3. The van der Waals surface area contributed by atoms with E-state index in [1.165, 1.54) is 7.11 Å². The molecule has 6 heteroatoms. The third-order valence-corrected chi connectivity index (χ3v) is 4.12. The van der Waals surface area contributed by atoms with Crippen molar-refractivity contribution >= 4 is 17.8 Å². The van der Waals surface area contributed by atoms with Gasteiger partial charge in [-0.05, 0) is 11.1 Å². The second-order valence-corrected chi connectivity index (χ2v) is 5.71. The Balaban J connectivity index is 1.77. The van der Waals surface area contributed by atoms with E-state index in [1.807, 2.05) is 48.5 Å². The maximum absolute atomic E-state index is 12.6. The number of benzene rings is 2. The first-order chi connectivity index (χ1) is 12.1. The Labute approximate surface area is 145 Å². The van der Waals surface area contributed by atoms with E-state index in [1.54, 1.807) is 12.1 Å². The fourth-order valence-electron chi connectivity index (χ4n) is 2.77. The Morgan fingerprint density at radius 2 is 1.40 bits per heavy atom. The lowest BCUT2D eigenvalue weighted by Crippen LogP contribution is -2.36. The van der Waals surface area contributed by atoms with Gasteiger partial charge >= 0.3 is 17.8 Å². The van der Waals surface area contributed by atoms with E-state index in [2.05, 4.69) is 0 Å². The second-order valence-electron chi connectivity index (χ2n) is 5.71. The van der Waals surface area contributed by atoms with Crippen LogP contribution in [0.5, 0.6) is 0 Å². The number of carbonyl (C=O) groups is 3. The maximum Gasteiger partial charge on any atom is 0.334 e. The van der Waals surface area contributed by atoms with E-state index in [0.717, 1.165) is 20.9 Å². The molecule has 1 heterocycles. The number of imide groups is 2. The van der Waals surface area contributed by atoms with Gasteiger partial charge in [-0.2, -0.15) is 0 Å². The van der Waals surface area contributed by atoms with Gasteiger partial charge in [0.2, 0.25) is 0 Å². The number of urea groups is 1. The zero-order valence-corrected chi connectivity index (χ0v) is 13.8. The van der Waals surface area contributed by atoms with Crippen LogP contribution in [0, 0.1) is 0 Å². The number of nitrogens with zero attached hydrogens (tertiary/aromatic N) is 2. The van der Waals surface area contributed by atoms with Crippen molar-refractivity contribution < 1.29 is 19.1 Å². The van der Waals surface area contributed by atoms with E-state index in [9.17, 15) is 14.4 Å². The average molecular weight is 338 g/mol. The lowest BCUT2D eigenvalue weighted by atomic mass is 10.1.